The average Bonchev–Trinajstić information content (AvgIpc) is 3.71. The van der Waals surface area contributed by atoms with Crippen LogP contribution in [-0.2, 0) is 0 Å². The molecule has 3 nitrogen and oxygen atoms in total. The van der Waals surface area contributed by atoms with Crippen LogP contribution >= 0.6 is 0 Å². The van der Waals surface area contributed by atoms with Gasteiger partial charge in [-0.05, 0) is 83.8 Å². The third kappa shape index (κ3) is 4.85. The lowest BCUT2D eigenvalue weighted by molar-refractivity contribution is 0.145. The van der Waals surface area contributed by atoms with Crippen molar-refractivity contribution in [1.29, 1.82) is 0 Å². The summed E-state index contributed by atoms with van der Waals surface area (Å²) in [6, 6.07) is 48.2. The van der Waals surface area contributed by atoms with Gasteiger partial charge in [0.05, 0.1) is 12.1 Å². The predicted molar refractivity (Wildman–Crippen MR) is 202 cm³/mol. The number of rotatable bonds is 5. The molecule has 3 aliphatic carbocycles. The highest BCUT2D eigenvalue weighted by atomic mass is 16.5. The van der Waals surface area contributed by atoms with Gasteiger partial charge in [-0.15, -0.1) is 0 Å². The van der Waals surface area contributed by atoms with Crippen molar-refractivity contribution in [1.82, 2.24) is 0 Å². The van der Waals surface area contributed by atoms with E-state index >= 15 is 0 Å². The van der Waals surface area contributed by atoms with E-state index in [4.69, 9.17) is 4.74 Å². The number of hydrogen-bond donors (Lipinski definition) is 0. The maximum absolute atomic E-state index is 6.67. The van der Waals surface area contributed by atoms with Crippen molar-refractivity contribution in [3.05, 3.63) is 169 Å². The number of benzene rings is 5. The summed E-state index contributed by atoms with van der Waals surface area (Å²) >= 11 is 0. The average molecular weight is 639 g/mol. The summed E-state index contributed by atoms with van der Waals surface area (Å²) in [7, 11) is 0. The van der Waals surface area contributed by atoms with Crippen LogP contribution in [-0.4, -0.2) is 30.3 Å². The Kier molecular flexibility index (Phi) is 6.99. The minimum Gasteiger partial charge on any atom is -0.489 e. The molecular weight excluding hydrogens is 597 g/mol. The van der Waals surface area contributed by atoms with E-state index in [9.17, 15) is 0 Å². The molecule has 2 aliphatic heterocycles. The Labute approximate surface area is 289 Å². The molecule has 5 aliphatic rings. The Balaban J connectivity index is 1.08. The lowest BCUT2D eigenvalue weighted by Crippen LogP contribution is -2.52. The van der Waals surface area contributed by atoms with Gasteiger partial charge in [-0.3, -0.25) is 0 Å². The minimum atomic E-state index is 0.240. The van der Waals surface area contributed by atoms with Crippen LogP contribution in [0.1, 0.15) is 42.7 Å². The van der Waals surface area contributed by atoms with Gasteiger partial charge in [-0.25, -0.2) is 0 Å². The highest BCUT2D eigenvalue weighted by Gasteiger charge is 2.51. The number of ether oxygens (including phenoxy) is 1. The largest absolute Gasteiger partial charge is 0.489 e. The summed E-state index contributed by atoms with van der Waals surface area (Å²) in [5.41, 5.74) is 6.70. The monoisotopic (exact) mass is 638 g/mol. The number of para-hydroxylation sites is 2. The van der Waals surface area contributed by atoms with Crippen molar-refractivity contribution in [2.45, 2.75) is 61.9 Å². The van der Waals surface area contributed by atoms with Gasteiger partial charge in [0, 0.05) is 40.9 Å². The Morgan fingerprint density at radius 3 is 2.33 bits per heavy atom. The Hall–Kier alpha value is -5.02. The first-order valence-corrected chi connectivity index (χ1v) is 18.3. The Morgan fingerprint density at radius 2 is 1.45 bits per heavy atom. The van der Waals surface area contributed by atoms with Crippen LogP contribution in [0, 0.1) is 11.8 Å². The lowest BCUT2D eigenvalue weighted by Gasteiger charge is -2.47. The fourth-order valence-electron chi connectivity index (χ4n) is 10.1. The predicted octanol–water partition coefficient (Wildman–Crippen LogP) is 10.2. The van der Waals surface area contributed by atoms with E-state index in [1.54, 1.807) is 0 Å². The molecule has 3 heteroatoms. The molecule has 0 N–H and O–H groups in total. The Morgan fingerprint density at radius 1 is 0.673 bits per heavy atom. The van der Waals surface area contributed by atoms with E-state index in [2.05, 4.69) is 168 Å². The Bertz CT molecular complexity index is 2080. The van der Waals surface area contributed by atoms with Gasteiger partial charge < -0.3 is 14.5 Å². The molecule has 2 fully saturated rings. The van der Waals surface area contributed by atoms with Crippen molar-refractivity contribution in [3.8, 4) is 5.75 Å². The molecule has 0 bridgehead atoms. The molecule has 0 spiro atoms. The zero-order chi connectivity index (χ0) is 32.3. The molecule has 8 unspecified atom stereocenters. The van der Waals surface area contributed by atoms with Crippen LogP contribution in [0.3, 0.4) is 0 Å². The molecule has 1 saturated carbocycles. The molecular formula is C46H42N2O. The summed E-state index contributed by atoms with van der Waals surface area (Å²) in [6.07, 6.45) is 17.4. The number of allylic oxidation sites excluding steroid dienone is 2. The minimum absolute atomic E-state index is 0.240. The highest BCUT2D eigenvalue weighted by Crippen LogP contribution is 2.52. The van der Waals surface area contributed by atoms with Gasteiger partial charge in [-0.2, -0.15) is 0 Å². The molecule has 242 valence electrons. The van der Waals surface area contributed by atoms with Crippen molar-refractivity contribution in [2.75, 3.05) is 9.80 Å². The lowest BCUT2D eigenvalue weighted by atomic mass is 9.74. The van der Waals surface area contributed by atoms with Gasteiger partial charge >= 0.3 is 0 Å². The van der Waals surface area contributed by atoms with Crippen molar-refractivity contribution < 1.29 is 4.74 Å². The van der Waals surface area contributed by atoms with Crippen LogP contribution < -0.4 is 14.5 Å². The van der Waals surface area contributed by atoms with Crippen LogP contribution in [0.25, 0.3) is 16.3 Å². The molecule has 2 heterocycles. The van der Waals surface area contributed by atoms with Crippen molar-refractivity contribution in [2.24, 2.45) is 11.8 Å². The number of anilines is 2. The molecule has 0 amide bonds. The second-order valence-corrected chi connectivity index (χ2v) is 14.7. The van der Waals surface area contributed by atoms with Crippen LogP contribution in [0.15, 0.2) is 158 Å². The SMILES string of the molecule is C1=CC2C(C=C1c1ccccc1)C1CC(N(c3ccc4ccccc4c3)C3CCCC4Oc5ccccc5C43)C=CC1N2c1ccccc1. The van der Waals surface area contributed by atoms with E-state index in [-0.39, 0.29) is 12.1 Å². The molecule has 8 atom stereocenters. The molecule has 49 heavy (non-hydrogen) atoms. The number of fused-ring (bicyclic) bond motifs is 7. The van der Waals surface area contributed by atoms with Crippen LogP contribution in [0.2, 0.25) is 0 Å². The first kappa shape index (κ1) is 28.9. The quantitative estimate of drug-likeness (QED) is 0.178. The summed E-state index contributed by atoms with van der Waals surface area (Å²) < 4.78 is 6.67. The second-order valence-electron chi connectivity index (χ2n) is 14.7. The fraction of sp³-hybridized carbons (Fsp3) is 0.261. The van der Waals surface area contributed by atoms with Crippen LogP contribution in [0.5, 0.6) is 5.75 Å². The van der Waals surface area contributed by atoms with Gasteiger partial charge in [0.1, 0.15) is 11.9 Å². The topological polar surface area (TPSA) is 15.7 Å². The number of hydrogen-bond acceptors (Lipinski definition) is 3. The zero-order valence-corrected chi connectivity index (χ0v) is 27.8. The molecule has 0 aromatic heterocycles. The maximum Gasteiger partial charge on any atom is 0.123 e. The van der Waals surface area contributed by atoms with Gasteiger partial charge in [0.15, 0.2) is 0 Å². The van der Waals surface area contributed by atoms with E-state index in [1.165, 1.54) is 51.7 Å². The molecule has 5 aromatic rings. The van der Waals surface area contributed by atoms with Gasteiger partial charge in [0.25, 0.3) is 0 Å². The third-order valence-electron chi connectivity index (χ3n) is 12.1. The number of nitrogens with zero attached hydrogens (tertiary/aromatic N) is 2. The highest BCUT2D eigenvalue weighted by molar-refractivity contribution is 5.86. The van der Waals surface area contributed by atoms with Gasteiger partial charge in [0.2, 0.25) is 0 Å². The van der Waals surface area contributed by atoms with E-state index in [0.717, 1.165) is 18.6 Å². The molecule has 0 radical (unpaired) electrons. The molecule has 10 rings (SSSR count). The smallest absolute Gasteiger partial charge is 0.123 e. The molecule has 5 aromatic carbocycles. The summed E-state index contributed by atoms with van der Waals surface area (Å²) in [4.78, 5) is 5.54. The zero-order valence-electron chi connectivity index (χ0n) is 27.8. The molecule has 1 saturated heterocycles. The fourth-order valence-corrected chi connectivity index (χ4v) is 10.1. The standard InChI is InChI=1S/C46H42N2O/c1-3-12-31(13-4-1)34-23-26-41-39(29-34)40-30-37(25-27-42(40)48(41)35-16-5-2-6-17-35)47(36-24-22-32-14-7-8-15-33(32)28-36)43-19-11-21-45-46(43)38-18-9-10-20-44(38)49-45/h1-10,12-18,20,22-29,37,39-43,45-46H,11,19,21,30H2. The van der Waals surface area contributed by atoms with Crippen molar-refractivity contribution in [3.63, 3.8) is 0 Å². The summed E-state index contributed by atoms with van der Waals surface area (Å²) in [5.74, 6) is 2.36. The van der Waals surface area contributed by atoms with Crippen molar-refractivity contribution >= 4 is 27.7 Å². The normalized spacial score (nSPS) is 29.4. The second kappa shape index (κ2) is 11.8. The maximum atomic E-state index is 6.67. The van der Waals surface area contributed by atoms with Crippen LogP contribution in [0.4, 0.5) is 11.4 Å². The third-order valence-corrected chi connectivity index (χ3v) is 12.1. The first-order valence-electron chi connectivity index (χ1n) is 18.3. The van der Waals surface area contributed by atoms with E-state index in [1.807, 2.05) is 0 Å². The van der Waals surface area contributed by atoms with E-state index in [0.29, 0.717) is 35.9 Å². The first-order chi connectivity index (χ1) is 24.3. The van der Waals surface area contributed by atoms with E-state index < -0.39 is 0 Å². The summed E-state index contributed by atoms with van der Waals surface area (Å²) in [6.45, 7) is 0. The summed E-state index contributed by atoms with van der Waals surface area (Å²) in [5, 5.41) is 2.60. The van der Waals surface area contributed by atoms with Gasteiger partial charge in [-0.1, -0.05) is 127 Å².